The number of sulfonamides is 1. The third-order valence-electron chi connectivity index (χ3n) is 2.61. The van der Waals surface area contributed by atoms with Gasteiger partial charge in [-0.1, -0.05) is 37.3 Å². The van der Waals surface area contributed by atoms with Gasteiger partial charge in [0.2, 0.25) is 10.0 Å². The van der Waals surface area contributed by atoms with Gasteiger partial charge in [-0.2, -0.15) is 0 Å². The SMILES string of the molecule is CCCS(=O)(=O)NC(C)CC(O)c1ccccc1. The molecular formula is C13H21NO3S. The predicted molar refractivity (Wildman–Crippen MR) is 72.7 cm³/mol. The van der Waals surface area contributed by atoms with Crippen LogP contribution in [0.15, 0.2) is 30.3 Å². The van der Waals surface area contributed by atoms with Crippen LogP contribution in [0.3, 0.4) is 0 Å². The number of hydrogen-bond acceptors (Lipinski definition) is 3. The molecule has 0 amide bonds. The highest BCUT2D eigenvalue weighted by molar-refractivity contribution is 7.89. The Kier molecular flexibility index (Phi) is 5.78. The van der Waals surface area contributed by atoms with Crippen molar-refractivity contribution >= 4 is 10.0 Å². The van der Waals surface area contributed by atoms with Crippen LogP contribution in [0.2, 0.25) is 0 Å². The van der Waals surface area contributed by atoms with Crippen molar-refractivity contribution in [2.75, 3.05) is 5.75 Å². The van der Waals surface area contributed by atoms with Crippen LogP contribution in [0.4, 0.5) is 0 Å². The second kappa shape index (κ2) is 6.87. The van der Waals surface area contributed by atoms with Crippen molar-refractivity contribution in [3.05, 3.63) is 35.9 Å². The van der Waals surface area contributed by atoms with Crippen molar-refractivity contribution in [3.63, 3.8) is 0 Å². The standard InChI is InChI=1S/C13H21NO3S/c1-3-9-18(16,17)14-11(2)10-13(15)12-7-5-4-6-8-12/h4-8,11,13-15H,3,9-10H2,1-2H3. The van der Waals surface area contributed by atoms with E-state index >= 15 is 0 Å². The molecule has 102 valence electrons. The molecule has 2 atom stereocenters. The van der Waals surface area contributed by atoms with Crippen LogP contribution >= 0.6 is 0 Å². The van der Waals surface area contributed by atoms with Gasteiger partial charge in [0.05, 0.1) is 11.9 Å². The van der Waals surface area contributed by atoms with Crippen molar-refractivity contribution in [1.82, 2.24) is 4.72 Å². The number of benzene rings is 1. The Labute approximate surface area is 109 Å². The molecule has 18 heavy (non-hydrogen) atoms. The second-order valence-corrected chi connectivity index (χ2v) is 6.37. The highest BCUT2D eigenvalue weighted by Gasteiger charge is 2.17. The maximum absolute atomic E-state index is 11.6. The summed E-state index contributed by atoms with van der Waals surface area (Å²) < 4.78 is 25.7. The van der Waals surface area contributed by atoms with Gasteiger partial charge in [0.25, 0.3) is 0 Å². The fraction of sp³-hybridized carbons (Fsp3) is 0.538. The second-order valence-electron chi connectivity index (χ2n) is 4.50. The first-order valence-electron chi connectivity index (χ1n) is 6.17. The third-order valence-corrected chi connectivity index (χ3v) is 4.32. The molecule has 0 radical (unpaired) electrons. The zero-order chi connectivity index (χ0) is 13.6. The maximum atomic E-state index is 11.6. The quantitative estimate of drug-likeness (QED) is 0.795. The smallest absolute Gasteiger partial charge is 0.211 e. The fourth-order valence-electron chi connectivity index (χ4n) is 1.83. The van der Waals surface area contributed by atoms with Gasteiger partial charge in [0.1, 0.15) is 0 Å². The zero-order valence-electron chi connectivity index (χ0n) is 10.8. The largest absolute Gasteiger partial charge is 0.388 e. The van der Waals surface area contributed by atoms with Crippen molar-refractivity contribution in [1.29, 1.82) is 0 Å². The molecule has 0 saturated carbocycles. The molecule has 0 saturated heterocycles. The number of aliphatic hydroxyl groups is 1. The molecule has 1 aromatic rings. The van der Waals surface area contributed by atoms with Crippen LogP contribution in [0, 0.1) is 0 Å². The average molecular weight is 271 g/mol. The molecule has 1 rings (SSSR count). The molecule has 0 heterocycles. The average Bonchev–Trinajstić information content (AvgIpc) is 2.28. The summed E-state index contributed by atoms with van der Waals surface area (Å²) in [7, 11) is -3.22. The lowest BCUT2D eigenvalue weighted by molar-refractivity contribution is 0.158. The molecule has 0 aliphatic heterocycles. The minimum atomic E-state index is -3.22. The molecule has 5 heteroatoms. The van der Waals surface area contributed by atoms with E-state index in [0.29, 0.717) is 12.8 Å². The molecule has 0 fully saturated rings. The van der Waals surface area contributed by atoms with Crippen LogP contribution < -0.4 is 4.72 Å². The summed E-state index contributed by atoms with van der Waals surface area (Å²) >= 11 is 0. The monoisotopic (exact) mass is 271 g/mol. The van der Waals surface area contributed by atoms with Gasteiger partial charge in [0, 0.05) is 6.04 Å². The van der Waals surface area contributed by atoms with Crippen molar-refractivity contribution < 1.29 is 13.5 Å². The molecule has 0 spiro atoms. The summed E-state index contributed by atoms with van der Waals surface area (Å²) in [4.78, 5) is 0. The first kappa shape index (κ1) is 15.1. The van der Waals surface area contributed by atoms with Gasteiger partial charge in [-0.3, -0.25) is 0 Å². The van der Waals surface area contributed by atoms with Crippen molar-refractivity contribution in [2.24, 2.45) is 0 Å². The first-order valence-corrected chi connectivity index (χ1v) is 7.83. The van der Waals surface area contributed by atoms with E-state index in [-0.39, 0.29) is 11.8 Å². The summed E-state index contributed by atoms with van der Waals surface area (Å²) in [6, 6.07) is 8.96. The van der Waals surface area contributed by atoms with Gasteiger partial charge in [-0.05, 0) is 25.3 Å². The van der Waals surface area contributed by atoms with Crippen LogP contribution in [0.25, 0.3) is 0 Å². The lowest BCUT2D eigenvalue weighted by Crippen LogP contribution is -2.35. The van der Waals surface area contributed by atoms with Gasteiger partial charge < -0.3 is 5.11 Å². The van der Waals surface area contributed by atoms with Crippen LogP contribution in [-0.2, 0) is 10.0 Å². The lowest BCUT2D eigenvalue weighted by Gasteiger charge is -2.18. The summed E-state index contributed by atoms with van der Waals surface area (Å²) in [5.74, 6) is 0.124. The molecule has 0 aliphatic rings. The van der Waals surface area contributed by atoms with E-state index < -0.39 is 16.1 Å². The molecule has 0 aliphatic carbocycles. The highest BCUT2D eigenvalue weighted by atomic mass is 32.2. The van der Waals surface area contributed by atoms with Crippen molar-refractivity contribution in [2.45, 2.75) is 38.8 Å². The fourth-order valence-corrected chi connectivity index (χ4v) is 3.19. The number of rotatable bonds is 7. The van der Waals surface area contributed by atoms with E-state index in [1.54, 1.807) is 6.92 Å². The van der Waals surface area contributed by atoms with E-state index in [0.717, 1.165) is 5.56 Å². The Bertz CT molecular complexity index is 445. The Morgan fingerprint density at radius 1 is 1.28 bits per heavy atom. The van der Waals surface area contributed by atoms with Crippen LogP contribution in [-0.4, -0.2) is 25.3 Å². The van der Waals surface area contributed by atoms with E-state index in [9.17, 15) is 13.5 Å². The normalized spacial score (nSPS) is 15.3. The Morgan fingerprint density at radius 2 is 1.89 bits per heavy atom. The molecule has 0 bridgehead atoms. The van der Waals surface area contributed by atoms with E-state index in [2.05, 4.69) is 4.72 Å². The van der Waals surface area contributed by atoms with E-state index in [1.165, 1.54) is 0 Å². The Balaban J connectivity index is 2.53. The minimum absolute atomic E-state index is 0.124. The molecule has 2 unspecified atom stereocenters. The number of aliphatic hydroxyl groups excluding tert-OH is 1. The molecule has 2 N–H and O–H groups in total. The maximum Gasteiger partial charge on any atom is 0.211 e. The summed E-state index contributed by atoms with van der Waals surface area (Å²) in [6.07, 6.45) is 0.307. The molecule has 1 aromatic carbocycles. The number of hydrogen-bond donors (Lipinski definition) is 2. The predicted octanol–water partition coefficient (Wildman–Crippen LogP) is 1.83. The molecule has 4 nitrogen and oxygen atoms in total. The Hall–Kier alpha value is -0.910. The first-order chi connectivity index (χ1) is 8.44. The van der Waals surface area contributed by atoms with Gasteiger partial charge in [-0.25, -0.2) is 13.1 Å². The van der Waals surface area contributed by atoms with E-state index in [1.807, 2.05) is 37.3 Å². The van der Waals surface area contributed by atoms with Gasteiger partial charge in [0.15, 0.2) is 0 Å². The topological polar surface area (TPSA) is 66.4 Å². The zero-order valence-corrected chi connectivity index (χ0v) is 11.7. The third kappa shape index (κ3) is 5.16. The Morgan fingerprint density at radius 3 is 2.44 bits per heavy atom. The minimum Gasteiger partial charge on any atom is -0.388 e. The van der Waals surface area contributed by atoms with Gasteiger partial charge >= 0.3 is 0 Å². The lowest BCUT2D eigenvalue weighted by atomic mass is 10.0. The van der Waals surface area contributed by atoms with E-state index in [4.69, 9.17) is 0 Å². The van der Waals surface area contributed by atoms with Crippen LogP contribution in [0.1, 0.15) is 38.4 Å². The van der Waals surface area contributed by atoms with Crippen LogP contribution in [0.5, 0.6) is 0 Å². The summed E-state index contributed by atoms with van der Waals surface area (Å²) in [5, 5.41) is 9.98. The molecule has 0 aromatic heterocycles. The number of nitrogens with one attached hydrogen (secondary N) is 1. The highest BCUT2D eigenvalue weighted by Crippen LogP contribution is 2.17. The van der Waals surface area contributed by atoms with Gasteiger partial charge in [-0.15, -0.1) is 0 Å². The van der Waals surface area contributed by atoms with Crippen molar-refractivity contribution in [3.8, 4) is 0 Å². The summed E-state index contributed by atoms with van der Waals surface area (Å²) in [6.45, 7) is 3.59. The summed E-state index contributed by atoms with van der Waals surface area (Å²) in [5.41, 5.74) is 0.805. The molecular weight excluding hydrogens is 250 g/mol.